The highest BCUT2D eigenvalue weighted by atomic mass is 127. The second-order valence-corrected chi connectivity index (χ2v) is 6.50. The van der Waals surface area contributed by atoms with E-state index >= 15 is 0 Å². The van der Waals surface area contributed by atoms with Crippen LogP contribution in [0.2, 0.25) is 0 Å². The molecule has 1 aromatic rings. The van der Waals surface area contributed by atoms with Gasteiger partial charge in [-0.15, -0.1) is 24.0 Å². The molecule has 0 aromatic heterocycles. The lowest BCUT2D eigenvalue weighted by atomic mass is 9.79. The van der Waals surface area contributed by atoms with Crippen molar-refractivity contribution in [2.75, 3.05) is 13.6 Å². The fourth-order valence-corrected chi connectivity index (χ4v) is 3.28. The first-order chi connectivity index (χ1) is 10.3. The zero-order chi connectivity index (χ0) is 14.5. The van der Waals surface area contributed by atoms with E-state index in [-0.39, 0.29) is 24.0 Å². The van der Waals surface area contributed by atoms with Gasteiger partial charge in [0.1, 0.15) is 0 Å². The molecule has 0 saturated heterocycles. The molecule has 2 aliphatic rings. The lowest BCUT2D eigenvalue weighted by Gasteiger charge is -2.29. The molecule has 1 aromatic carbocycles. The number of nitrogens with zero attached hydrogens (tertiary/aromatic N) is 1. The molecule has 2 saturated carbocycles. The van der Waals surface area contributed by atoms with Crippen LogP contribution in [0.5, 0.6) is 0 Å². The zero-order valence-corrected chi connectivity index (χ0v) is 15.8. The molecule has 4 heteroatoms. The first-order valence-electron chi connectivity index (χ1n) is 8.37. The van der Waals surface area contributed by atoms with Crippen molar-refractivity contribution >= 4 is 29.9 Å². The summed E-state index contributed by atoms with van der Waals surface area (Å²) < 4.78 is 0. The van der Waals surface area contributed by atoms with E-state index in [1.807, 2.05) is 7.05 Å². The average molecular weight is 413 g/mol. The van der Waals surface area contributed by atoms with Crippen LogP contribution in [0.4, 0.5) is 0 Å². The van der Waals surface area contributed by atoms with Crippen molar-refractivity contribution in [2.45, 2.75) is 50.5 Å². The topological polar surface area (TPSA) is 36.4 Å². The van der Waals surface area contributed by atoms with Gasteiger partial charge in [0.2, 0.25) is 0 Å². The maximum Gasteiger partial charge on any atom is 0.191 e. The summed E-state index contributed by atoms with van der Waals surface area (Å²) in [6.45, 7) is 1.06. The van der Waals surface area contributed by atoms with Gasteiger partial charge in [-0.2, -0.15) is 0 Å². The standard InChI is InChI=1S/C18H27N3.HI/c1-19-18(21-17-11-12-17)20-13-14-7-9-16(10-8-14)15-5-3-2-4-6-15;/h2-6,14,16-17H,7-13H2,1H3,(H2,19,20,21);1H. The Morgan fingerprint density at radius 1 is 1.05 bits per heavy atom. The van der Waals surface area contributed by atoms with Crippen molar-refractivity contribution in [3.05, 3.63) is 35.9 Å². The largest absolute Gasteiger partial charge is 0.356 e. The maximum absolute atomic E-state index is 4.31. The molecule has 0 aliphatic heterocycles. The Hall–Kier alpha value is -0.780. The summed E-state index contributed by atoms with van der Waals surface area (Å²) in [5.74, 6) is 2.55. The van der Waals surface area contributed by atoms with Crippen LogP contribution in [-0.4, -0.2) is 25.6 Å². The summed E-state index contributed by atoms with van der Waals surface area (Å²) in [4.78, 5) is 4.31. The van der Waals surface area contributed by atoms with E-state index in [2.05, 4.69) is 46.0 Å². The van der Waals surface area contributed by atoms with Gasteiger partial charge < -0.3 is 10.6 Å². The molecule has 0 unspecified atom stereocenters. The van der Waals surface area contributed by atoms with E-state index in [4.69, 9.17) is 0 Å². The molecule has 0 spiro atoms. The Morgan fingerprint density at radius 3 is 2.32 bits per heavy atom. The van der Waals surface area contributed by atoms with Gasteiger partial charge in [-0.1, -0.05) is 30.3 Å². The van der Waals surface area contributed by atoms with E-state index in [1.54, 1.807) is 0 Å². The Morgan fingerprint density at radius 2 is 1.73 bits per heavy atom. The smallest absolute Gasteiger partial charge is 0.191 e. The summed E-state index contributed by atoms with van der Waals surface area (Å²) in [5, 5.41) is 6.96. The number of aliphatic imine (C=N–C) groups is 1. The summed E-state index contributed by atoms with van der Waals surface area (Å²) in [7, 11) is 1.87. The highest BCUT2D eigenvalue weighted by molar-refractivity contribution is 14.0. The fourth-order valence-electron chi connectivity index (χ4n) is 3.28. The maximum atomic E-state index is 4.31. The van der Waals surface area contributed by atoms with E-state index < -0.39 is 0 Å². The van der Waals surface area contributed by atoms with Crippen molar-refractivity contribution in [2.24, 2.45) is 10.9 Å². The van der Waals surface area contributed by atoms with E-state index in [1.165, 1.54) is 44.1 Å². The average Bonchev–Trinajstić information content (AvgIpc) is 3.37. The summed E-state index contributed by atoms with van der Waals surface area (Å²) in [5.41, 5.74) is 1.52. The van der Waals surface area contributed by atoms with Crippen molar-refractivity contribution in [1.29, 1.82) is 0 Å². The molecule has 22 heavy (non-hydrogen) atoms. The first-order valence-corrected chi connectivity index (χ1v) is 8.37. The summed E-state index contributed by atoms with van der Waals surface area (Å²) >= 11 is 0. The third-order valence-corrected chi connectivity index (χ3v) is 4.82. The third kappa shape index (κ3) is 5.14. The lowest BCUT2D eigenvalue weighted by molar-refractivity contribution is 0.324. The van der Waals surface area contributed by atoms with Crippen LogP contribution >= 0.6 is 24.0 Å². The van der Waals surface area contributed by atoms with Crippen molar-refractivity contribution in [3.63, 3.8) is 0 Å². The number of halogens is 1. The van der Waals surface area contributed by atoms with Gasteiger partial charge >= 0.3 is 0 Å². The third-order valence-electron chi connectivity index (χ3n) is 4.82. The Bertz CT molecular complexity index is 462. The molecule has 2 N–H and O–H groups in total. The molecule has 0 heterocycles. The molecule has 0 atom stereocenters. The second kappa shape index (κ2) is 8.75. The molecule has 122 valence electrons. The van der Waals surface area contributed by atoms with Gasteiger partial charge in [-0.25, -0.2) is 0 Å². The molecule has 2 aliphatic carbocycles. The molecule has 2 fully saturated rings. The SMILES string of the molecule is CN=C(NCC1CCC(c2ccccc2)CC1)NC1CC1.I. The van der Waals surface area contributed by atoms with Crippen LogP contribution < -0.4 is 10.6 Å². The Kier molecular flexibility index (Phi) is 6.99. The predicted molar refractivity (Wildman–Crippen MR) is 104 cm³/mol. The predicted octanol–water partition coefficient (Wildman–Crippen LogP) is 3.91. The second-order valence-electron chi connectivity index (χ2n) is 6.50. The van der Waals surface area contributed by atoms with Crippen molar-refractivity contribution < 1.29 is 0 Å². The monoisotopic (exact) mass is 413 g/mol. The van der Waals surface area contributed by atoms with Crippen molar-refractivity contribution in [3.8, 4) is 0 Å². The van der Waals surface area contributed by atoms with Gasteiger partial charge in [0.25, 0.3) is 0 Å². The highest BCUT2D eigenvalue weighted by Crippen LogP contribution is 2.35. The number of hydrogen-bond donors (Lipinski definition) is 2. The fraction of sp³-hybridized carbons (Fsp3) is 0.611. The van der Waals surface area contributed by atoms with E-state index in [0.29, 0.717) is 6.04 Å². The minimum Gasteiger partial charge on any atom is -0.356 e. The number of guanidine groups is 1. The molecule has 0 radical (unpaired) electrons. The number of rotatable bonds is 4. The zero-order valence-electron chi connectivity index (χ0n) is 13.4. The molecule has 0 bridgehead atoms. The van der Waals surface area contributed by atoms with Crippen LogP contribution in [-0.2, 0) is 0 Å². The highest BCUT2D eigenvalue weighted by Gasteiger charge is 2.24. The number of hydrogen-bond acceptors (Lipinski definition) is 1. The van der Waals surface area contributed by atoms with Gasteiger partial charge in [0, 0.05) is 19.6 Å². The Balaban J connectivity index is 0.00000176. The molecule has 3 rings (SSSR count). The quantitative estimate of drug-likeness (QED) is 0.446. The van der Waals surface area contributed by atoms with Crippen LogP contribution in [0.15, 0.2) is 35.3 Å². The first kappa shape index (κ1) is 17.6. The van der Waals surface area contributed by atoms with Crippen molar-refractivity contribution in [1.82, 2.24) is 10.6 Å². The van der Waals surface area contributed by atoms with Gasteiger partial charge in [0.05, 0.1) is 0 Å². The minimum absolute atomic E-state index is 0. The number of benzene rings is 1. The summed E-state index contributed by atoms with van der Waals surface area (Å²) in [6, 6.07) is 11.7. The minimum atomic E-state index is 0. The van der Waals surface area contributed by atoms with Crippen LogP contribution in [0, 0.1) is 5.92 Å². The van der Waals surface area contributed by atoms with E-state index in [0.717, 1.165) is 24.3 Å². The summed E-state index contributed by atoms with van der Waals surface area (Å²) in [6.07, 6.45) is 7.89. The van der Waals surface area contributed by atoms with Crippen LogP contribution in [0.1, 0.15) is 50.0 Å². The molecular formula is C18H28IN3. The molecular weight excluding hydrogens is 385 g/mol. The van der Waals surface area contributed by atoms with Gasteiger partial charge in [-0.05, 0) is 55.9 Å². The Labute approximate surface area is 151 Å². The van der Waals surface area contributed by atoms with Crippen LogP contribution in [0.3, 0.4) is 0 Å². The lowest BCUT2D eigenvalue weighted by Crippen LogP contribution is -2.41. The van der Waals surface area contributed by atoms with E-state index in [9.17, 15) is 0 Å². The number of nitrogens with one attached hydrogen (secondary N) is 2. The van der Waals surface area contributed by atoms with Gasteiger partial charge in [-0.3, -0.25) is 4.99 Å². The normalized spacial score (nSPS) is 25.2. The molecule has 3 nitrogen and oxygen atoms in total. The molecule has 0 amide bonds. The van der Waals surface area contributed by atoms with Gasteiger partial charge in [0.15, 0.2) is 5.96 Å². The van der Waals surface area contributed by atoms with Crippen LogP contribution in [0.25, 0.3) is 0 Å².